The maximum atomic E-state index is 12.9. The number of halogens is 2. The number of carbonyl (C=O) groups is 1. The van der Waals surface area contributed by atoms with Gasteiger partial charge in [-0.3, -0.25) is 4.79 Å². The molecule has 4 heteroatoms. The van der Waals surface area contributed by atoms with Crippen LogP contribution >= 0.6 is 31.9 Å². The van der Waals surface area contributed by atoms with Crippen LogP contribution in [-0.4, -0.2) is 5.78 Å². The number of fused-ring (bicyclic) bond motifs is 5. The molecule has 2 aliphatic rings. The summed E-state index contributed by atoms with van der Waals surface area (Å²) in [5.74, 6) is 0.802. The lowest BCUT2D eigenvalue weighted by molar-refractivity contribution is -0.128. The SMILES string of the molecule is O=C1C=Cc2cc(Br)ccc2C12Cc1c(ccc3cc(Br)ccc13)O2. The highest BCUT2D eigenvalue weighted by Crippen LogP contribution is 2.48. The first-order chi connectivity index (χ1) is 12.1. The molecular weight excluding hydrogens is 444 g/mol. The van der Waals surface area contributed by atoms with E-state index in [2.05, 4.69) is 44.0 Å². The summed E-state index contributed by atoms with van der Waals surface area (Å²) < 4.78 is 8.36. The molecule has 25 heavy (non-hydrogen) atoms. The number of ether oxygens (including phenoxy) is 1. The van der Waals surface area contributed by atoms with Crippen LogP contribution in [-0.2, 0) is 16.8 Å². The maximum absolute atomic E-state index is 12.9. The van der Waals surface area contributed by atoms with Crippen molar-refractivity contribution in [3.63, 3.8) is 0 Å². The van der Waals surface area contributed by atoms with Crippen LogP contribution in [0.2, 0.25) is 0 Å². The second-order valence-corrected chi connectivity index (χ2v) is 8.27. The van der Waals surface area contributed by atoms with E-state index >= 15 is 0 Å². The average Bonchev–Trinajstić information content (AvgIpc) is 2.99. The Morgan fingerprint density at radius 1 is 0.920 bits per heavy atom. The number of hydrogen-bond donors (Lipinski definition) is 0. The Kier molecular flexibility index (Phi) is 3.25. The van der Waals surface area contributed by atoms with Gasteiger partial charge >= 0.3 is 0 Å². The van der Waals surface area contributed by atoms with Crippen LogP contribution in [0.4, 0.5) is 0 Å². The van der Waals surface area contributed by atoms with Crippen molar-refractivity contribution in [1.29, 1.82) is 0 Å². The van der Waals surface area contributed by atoms with Gasteiger partial charge in [0, 0.05) is 26.5 Å². The number of ketones is 1. The third kappa shape index (κ3) is 2.17. The van der Waals surface area contributed by atoms with Gasteiger partial charge in [-0.1, -0.05) is 56.1 Å². The normalized spacial score (nSPS) is 20.6. The maximum Gasteiger partial charge on any atom is 0.204 e. The summed E-state index contributed by atoms with van der Waals surface area (Å²) in [6, 6.07) is 16.2. The molecule has 1 atom stereocenters. The number of hydrogen-bond acceptors (Lipinski definition) is 2. The van der Waals surface area contributed by atoms with Crippen molar-refractivity contribution in [2.75, 3.05) is 0 Å². The third-order valence-corrected chi connectivity index (χ3v) is 6.01. The fourth-order valence-corrected chi connectivity index (χ4v) is 4.61. The molecule has 1 spiro atoms. The highest BCUT2D eigenvalue weighted by atomic mass is 79.9. The van der Waals surface area contributed by atoms with Gasteiger partial charge in [0.1, 0.15) is 5.75 Å². The quantitative estimate of drug-likeness (QED) is 0.428. The van der Waals surface area contributed by atoms with Gasteiger partial charge in [0.15, 0.2) is 0 Å². The molecular formula is C21H12Br2O2. The molecule has 0 amide bonds. The molecule has 1 heterocycles. The van der Waals surface area contributed by atoms with Gasteiger partial charge in [-0.15, -0.1) is 0 Å². The molecule has 1 unspecified atom stereocenters. The van der Waals surface area contributed by atoms with Crippen molar-refractivity contribution in [3.05, 3.63) is 80.2 Å². The second kappa shape index (κ2) is 5.29. The molecule has 0 saturated carbocycles. The van der Waals surface area contributed by atoms with Crippen molar-refractivity contribution in [3.8, 4) is 5.75 Å². The molecule has 0 saturated heterocycles. The van der Waals surface area contributed by atoms with Crippen molar-refractivity contribution in [2.24, 2.45) is 0 Å². The van der Waals surface area contributed by atoms with E-state index in [9.17, 15) is 4.79 Å². The van der Waals surface area contributed by atoms with E-state index in [1.165, 1.54) is 0 Å². The topological polar surface area (TPSA) is 26.3 Å². The summed E-state index contributed by atoms with van der Waals surface area (Å²) >= 11 is 7.03. The standard InChI is InChI=1S/C21H12Br2O2/c22-14-3-5-16-12(9-14)1-7-19-17(16)11-21(25-19)18-6-4-15(23)10-13(18)2-8-20(21)24/h1-10H,11H2. The predicted octanol–water partition coefficient (Wildman–Crippen LogP) is 5.79. The van der Waals surface area contributed by atoms with Gasteiger partial charge < -0.3 is 4.74 Å². The van der Waals surface area contributed by atoms with E-state index < -0.39 is 5.60 Å². The molecule has 0 fully saturated rings. The van der Waals surface area contributed by atoms with Crippen LogP contribution in [0.3, 0.4) is 0 Å². The first kappa shape index (κ1) is 15.4. The first-order valence-corrected chi connectivity index (χ1v) is 9.58. The van der Waals surface area contributed by atoms with E-state index in [0.717, 1.165) is 42.2 Å². The van der Waals surface area contributed by atoms with Crippen molar-refractivity contribution < 1.29 is 9.53 Å². The molecule has 0 bridgehead atoms. The molecule has 0 aromatic heterocycles. The van der Waals surface area contributed by atoms with Gasteiger partial charge in [-0.2, -0.15) is 0 Å². The number of benzene rings is 3. The van der Waals surface area contributed by atoms with Crippen molar-refractivity contribution in [1.82, 2.24) is 0 Å². The van der Waals surface area contributed by atoms with Gasteiger partial charge in [-0.25, -0.2) is 0 Å². The Bertz CT molecular complexity index is 1100. The fourth-order valence-electron chi connectivity index (χ4n) is 3.86. The van der Waals surface area contributed by atoms with Gasteiger partial charge in [0.2, 0.25) is 11.4 Å². The Balaban J connectivity index is 1.73. The monoisotopic (exact) mass is 454 g/mol. The first-order valence-electron chi connectivity index (χ1n) is 7.99. The summed E-state index contributed by atoms with van der Waals surface area (Å²) in [6.07, 6.45) is 4.06. The lowest BCUT2D eigenvalue weighted by Crippen LogP contribution is -2.41. The fraction of sp³-hybridized carbons (Fsp3) is 0.0952. The zero-order chi connectivity index (χ0) is 17.2. The second-order valence-electron chi connectivity index (χ2n) is 6.44. The van der Waals surface area contributed by atoms with E-state index in [4.69, 9.17) is 4.74 Å². The van der Waals surface area contributed by atoms with Crippen LogP contribution < -0.4 is 4.74 Å². The average molecular weight is 456 g/mol. The molecule has 1 aliphatic carbocycles. The van der Waals surface area contributed by atoms with Crippen LogP contribution in [0.25, 0.3) is 16.8 Å². The summed E-state index contributed by atoms with van der Waals surface area (Å²) in [5, 5.41) is 2.28. The summed E-state index contributed by atoms with van der Waals surface area (Å²) in [5.41, 5.74) is 2.11. The summed E-state index contributed by atoms with van der Waals surface area (Å²) in [4.78, 5) is 12.9. The lowest BCUT2D eigenvalue weighted by atomic mass is 9.79. The summed E-state index contributed by atoms with van der Waals surface area (Å²) in [7, 11) is 0. The predicted molar refractivity (Wildman–Crippen MR) is 106 cm³/mol. The Hall–Kier alpha value is -1.91. The molecule has 1 aliphatic heterocycles. The molecule has 3 aromatic carbocycles. The number of carbonyl (C=O) groups excluding carboxylic acids is 1. The van der Waals surface area contributed by atoms with Crippen LogP contribution in [0, 0.1) is 0 Å². The minimum atomic E-state index is -0.950. The highest BCUT2D eigenvalue weighted by Gasteiger charge is 2.49. The van der Waals surface area contributed by atoms with Gasteiger partial charge in [0.25, 0.3) is 0 Å². The van der Waals surface area contributed by atoms with Crippen LogP contribution in [0.15, 0.2) is 63.6 Å². The van der Waals surface area contributed by atoms with Gasteiger partial charge in [0.05, 0.1) is 0 Å². The third-order valence-electron chi connectivity index (χ3n) is 5.02. The molecule has 0 radical (unpaired) electrons. The lowest BCUT2D eigenvalue weighted by Gasteiger charge is -2.30. The smallest absolute Gasteiger partial charge is 0.204 e. The molecule has 5 rings (SSSR count). The van der Waals surface area contributed by atoms with Crippen LogP contribution in [0.1, 0.15) is 16.7 Å². The van der Waals surface area contributed by atoms with E-state index in [-0.39, 0.29) is 5.78 Å². The van der Waals surface area contributed by atoms with E-state index in [0.29, 0.717) is 6.42 Å². The molecule has 0 N–H and O–H groups in total. The van der Waals surface area contributed by atoms with E-state index in [1.807, 2.05) is 42.5 Å². The minimum absolute atomic E-state index is 0.00350. The molecule has 122 valence electrons. The Morgan fingerprint density at radius 3 is 2.60 bits per heavy atom. The number of rotatable bonds is 0. The zero-order valence-electron chi connectivity index (χ0n) is 13.1. The molecule has 2 nitrogen and oxygen atoms in total. The van der Waals surface area contributed by atoms with Gasteiger partial charge in [-0.05, 0) is 52.7 Å². The Labute approximate surface area is 161 Å². The van der Waals surface area contributed by atoms with Crippen LogP contribution in [0.5, 0.6) is 5.75 Å². The minimum Gasteiger partial charge on any atom is -0.474 e. The van der Waals surface area contributed by atoms with E-state index in [1.54, 1.807) is 6.08 Å². The largest absolute Gasteiger partial charge is 0.474 e. The summed E-state index contributed by atoms with van der Waals surface area (Å²) in [6.45, 7) is 0. The Morgan fingerprint density at radius 2 is 1.72 bits per heavy atom. The zero-order valence-corrected chi connectivity index (χ0v) is 16.2. The highest BCUT2D eigenvalue weighted by molar-refractivity contribution is 9.10. The van der Waals surface area contributed by atoms with Crippen molar-refractivity contribution in [2.45, 2.75) is 12.0 Å². The van der Waals surface area contributed by atoms with Crippen molar-refractivity contribution >= 4 is 54.5 Å². The molecule has 3 aromatic rings.